The van der Waals surface area contributed by atoms with Crippen LogP contribution in [0.15, 0.2) is 61.9 Å². The molecule has 37 heavy (non-hydrogen) atoms. The van der Waals surface area contributed by atoms with Crippen LogP contribution in [0.2, 0.25) is 0 Å². The second kappa shape index (κ2) is 11.2. The van der Waals surface area contributed by atoms with Gasteiger partial charge >= 0.3 is 5.97 Å². The van der Waals surface area contributed by atoms with E-state index in [0.717, 1.165) is 11.1 Å². The van der Waals surface area contributed by atoms with Gasteiger partial charge in [-0.2, -0.15) is 5.26 Å². The van der Waals surface area contributed by atoms with E-state index in [2.05, 4.69) is 20.9 Å². The second-order valence-corrected chi connectivity index (χ2v) is 10.1. The molecule has 0 radical (unpaired) electrons. The lowest BCUT2D eigenvalue weighted by Crippen LogP contribution is -2.39. The van der Waals surface area contributed by atoms with Gasteiger partial charge in [0.25, 0.3) is 5.56 Å². The van der Waals surface area contributed by atoms with Crippen molar-refractivity contribution in [2.24, 2.45) is 4.99 Å². The second-order valence-electron chi connectivity index (χ2n) is 8.19. The third kappa shape index (κ3) is 5.24. The predicted molar refractivity (Wildman–Crippen MR) is 143 cm³/mol. The Hall–Kier alpha value is -3.68. The lowest BCUT2D eigenvalue weighted by atomic mass is 9.95. The van der Waals surface area contributed by atoms with Gasteiger partial charge in [0.05, 0.1) is 35.6 Å². The van der Waals surface area contributed by atoms with Crippen molar-refractivity contribution in [3.63, 3.8) is 0 Å². The van der Waals surface area contributed by atoms with Crippen molar-refractivity contribution < 1.29 is 19.0 Å². The van der Waals surface area contributed by atoms with Crippen molar-refractivity contribution in [2.75, 3.05) is 20.3 Å². The molecule has 0 unspecified atom stereocenters. The van der Waals surface area contributed by atoms with Gasteiger partial charge in [0, 0.05) is 10.0 Å². The smallest absolute Gasteiger partial charge is 0.338 e. The number of nitriles is 1. The van der Waals surface area contributed by atoms with Crippen LogP contribution in [0.25, 0.3) is 6.08 Å². The minimum absolute atomic E-state index is 0.185. The van der Waals surface area contributed by atoms with Crippen molar-refractivity contribution in [3.05, 3.63) is 88.5 Å². The molecule has 0 aliphatic carbocycles. The number of aromatic nitrogens is 1. The molecule has 3 aromatic rings. The molecule has 0 spiro atoms. The number of fused-ring (bicyclic) bond motifs is 1. The number of benzene rings is 2. The van der Waals surface area contributed by atoms with Crippen molar-refractivity contribution in [2.45, 2.75) is 26.8 Å². The molecule has 2 aromatic carbocycles. The number of hydrogen-bond donors (Lipinski definition) is 0. The first-order valence-corrected chi connectivity index (χ1v) is 13.0. The van der Waals surface area contributed by atoms with E-state index in [4.69, 9.17) is 19.5 Å². The third-order valence-corrected chi connectivity index (χ3v) is 7.19. The van der Waals surface area contributed by atoms with Crippen LogP contribution >= 0.6 is 27.3 Å². The van der Waals surface area contributed by atoms with Crippen molar-refractivity contribution in [3.8, 4) is 17.6 Å². The van der Waals surface area contributed by atoms with Gasteiger partial charge in [0.1, 0.15) is 6.07 Å². The van der Waals surface area contributed by atoms with Gasteiger partial charge in [-0.05, 0) is 44.5 Å². The summed E-state index contributed by atoms with van der Waals surface area (Å²) >= 11 is 4.67. The van der Waals surface area contributed by atoms with Gasteiger partial charge in [-0.3, -0.25) is 9.36 Å². The van der Waals surface area contributed by atoms with Crippen LogP contribution in [0.4, 0.5) is 0 Å². The highest BCUT2D eigenvalue weighted by atomic mass is 79.9. The number of halogens is 1. The summed E-state index contributed by atoms with van der Waals surface area (Å²) in [5.74, 6) is 0.255. The molecule has 1 aliphatic heterocycles. The van der Waals surface area contributed by atoms with Gasteiger partial charge in [0.15, 0.2) is 22.9 Å². The zero-order chi connectivity index (χ0) is 26.7. The molecular weight excluding hydrogens is 558 g/mol. The normalized spacial score (nSPS) is 15.0. The fourth-order valence-corrected chi connectivity index (χ4v) is 5.60. The summed E-state index contributed by atoms with van der Waals surface area (Å²) in [5, 5.41) is 9.03. The van der Waals surface area contributed by atoms with E-state index < -0.39 is 12.0 Å². The minimum Gasteiger partial charge on any atom is -0.493 e. The van der Waals surface area contributed by atoms with Gasteiger partial charge in [0.2, 0.25) is 0 Å². The number of hydrogen-bond acceptors (Lipinski definition) is 8. The maximum atomic E-state index is 13.8. The number of carbonyl (C=O) groups excluding carboxylic acids is 1. The first kappa shape index (κ1) is 26.4. The number of rotatable bonds is 7. The summed E-state index contributed by atoms with van der Waals surface area (Å²) in [5.41, 5.74) is 2.90. The monoisotopic (exact) mass is 581 g/mol. The van der Waals surface area contributed by atoms with Crippen LogP contribution in [-0.2, 0) is 9.53 Å². The first-order valence-electron chi connectivity index (χ1n) is 11.4. The van der Waals surface area contributed by atoms with E-state index in [0.29, 0.717) is 42.1 Å². The number of ether oxygens (including phenoxy) is 3. The molecule has 0 amide bonds. The Labute approximate surface area is 225 Å². The maximum Gasteiger partial charge on any atom is 0.338 e. The highest BCUT2D eigenvalue weighted by Gasteiger charge is 2.33. The SMILES string of the molecule is CCOC(=O)C1=C(C)N=c2s/c(=C\c3cc(Br)cc(OC)c3OCC#N)c(=O)n2[C@@H]1c1ccc(C)cc1. The lowest BCUT2D eigenvalue weighted by Gasteiger charge is -2.24. The fourth-order valence-electron chi connectivity index (χ4n) is 4.10. The summed E-state index contributed by atoms with van der Waals surface area (Å²) in [6.07, 6.45) is 1.68. The molecule has 0 saturated carbocycles. The Bertz CT molecular complexity index is 1610. The number of allylic oxidation sites excluding steroid dienone is 1. The Morgan fingerprint density at radius 2 is 2.00 bits per heavy atom. The van der Waals surface area contributed by atoms with E-state index in [1.54, 1.807) is 32.1 Å². The molecule has 1 aromatic heterocycles. The molecule has 1 aliphatic rings. The number of esters is 1. The van der Waals surface area contributed by atoms with Gasteiger partial charge in [-0.25, -0.2) is 9.79 Å². The molecule has 1 atom stereocenters. The largest absolute Gasteiger partial charge is 0.493 e. The molecule has 190 valence electrons. The Balaban J connectivity index is 1.97. The minimum atomic E-state index is -0.690. The molecule has 0 bridgehead atoms. The summed E-state index contributed by atoms with van der Waals surface area (Å²) < 4.78 is 19.0. The molecule has 2 heterocycles. The van der Waals surface area contributed by atoms with Gasteiger partial charge in [-0.15, -0.1) is 0 Å². The Kier molecular flexibility index (Phi) is 7.95. The van der Waals surface area contributed by atoms with E-state index in [9.17, 15) is 9.59 Å². The average Bonchev–Trinajstić information content (AvgIpc) is 3.17. The van der Waals surface area contributed by atoms with Crippen molar-refractivity contribution in [1.29, 1.82) is 5.26 Å². The zero-order valence-electron chi connectivity index (χ0n) is 20.7. The van der Waals surface area contributed by atoms with Crippen LogP contribution in [0.1, 0.15) is 36.6 Å². The lowest BCUT2D eigenvalue weighted by molar-refractivity contribution is -0.139. The summed E-state index contributed by atoms with van der Waals surface area (Å²) in [7, 11) is 1.50. The molecule has 0 fully saturated rings. The predicted octanol–water partition coefficient (Wildman–Crippen LogP) is 3.78. The van der Waals surface area contributed by atoms with E-state index in [-0.39, 0.29) is 18.8 Å². The Morgan fingerprint density at radius 3 is 2.65 bits per heavy atom. The molecule has 8 nitrogen and oxygen atoms in total. The number of methoxy groups -OCH3 is 1. The topological polar surface area (TPSA) is 103 Å². The van der Waals surface area contributed by atoms with Crippen LogP contribution in [0, 0.1) is 18.3 Å². The Morgan fingerprint density at radius 1 is 1.27 bits per heavy atom. The highest BCUT2D eigenvalue weighted by molar-refractivity contribution is 9.10. The van der Waals surface area contributed by atoms with E-state index in [1.165, 1.54) is 23.0 Å². The molecule has 0 saturated heterocycles. The first-order chi connectivity index (χ1) is 17.8. The number of nitrogens with zero attached hydrogens (tertiary/aromatic N) is 3. The van der Waals surface area contributed by atoms with Crippen LogP contribution in [-0.4, -0.2) is 30.9 Å². The molecule has 4 rings (SSSR count). The number of carbonyl (C=O) groups is 1. The number of thiazole rings is 1. The third-order valence-electron chi connectivity index (χ3n) is 5.75. The van der Waals surface area contributed by atoms with Crippen molar-refractivity contribution >= 4 is 39.3 Å². The highest BCUT2D eigenvalue weighted by Crippen LogP contribution is 2.35. The van der Waals surface area contributed by atoms with Crippen molar-refractivity contribution in [1.82, 2.24) is 4.57 Å². The van der Waals surface area contributed by atoms with Crippen LogP contribution < -0.4 is 24.4 Å². The molecule has 0 N–H and O–H groups in total. The quantitative estimate of drug-likeness (QED) is 0.393. The van der Waals surface area contributed by atoms with E-state index in [1.807, 2.05) is 37.3 Å². The summed E-state index contributed by atoms with van der Waals surface area (Å²) in [6.45, 7) is 5.48. The van der Waals surface area contributed by atoms with E-state index >= 15 is 0 Å². The van der Waals surface area contributed by atoms with Crippen LogP contribution in [0.3, 0.4) is 0 Å². The zero-order valence-corrected chi connectivity index (χ0v) is 23.1. The van der Waals surface area contributed by atoms with Crippen LogP contribution in [0.5, 0.6) is 11.5 Å². The number of aryl methyl sites for hydroxylation is 1. The summed E-state index contributed by atoms with van der Waals surface area (Å²) in [6, 6.07) is 12.5. The molecule has 10 heteroatoms. The fraction of sp³-hybridized carbons (Fsp3) is 0.259. The standard InChI is InChI=1S/C27H24BrN3O5S/c1-5-35-26(33)22-16(3)30-27-31(23(22)17-8-6-15(2)7-9-17)25(32)21(37-27)13-18-12-19(28)14-20(34-4)24(18)36-11-10-29/h6-9,12-14,23H,5,11H2,1-4H3/b21-13-/t23-/m1/s1. The molecular formula is C27H24BrN3O5S. The van der Waals surface area contributed by atoms with Gasteiger partial charge in [-0.1, -0.05) is 57.1 Å². The summed E-state index contributed by atoms with van der Waals surface area (Å²) in [4.78, 5) is 31.9. The van der Waals surface area contributed by atoms with Gasteiger partial charge < -0.3 is 14.2 Å². The average molecular weight is 582 g/mol. The maximum absolute atomic E-state index is 13.8.